The van der Waals surface area contributed by atoms with Gasteiger partial charge in [-0.3, -0.25) is 9.79 Å². The highest BCUT2D eigenvalue weighted by Crippen LogP contribution is 2.40. The average molecular weight is 432 g/mol. The lowest BCUT2D eigenvalue weighted by molar-refractivity contribution is -0.107. The molecule has 0 radical (unpaired) electrons. The summed E-state index contributed by atoms with van der Waals surface area (Å²) >= 11 is 4.00. The molecule has 1 aromatic carbocycles. The van der Waals surface area contributed by atoms with Gasteiger partial charge in [0, 0.05) is 30.6 Å². The molecule has 0 aromatic heterocycles. The highest BCUT2D eigenvalue weighted by atomic mass is 32.1. The van der Waals surface area contributed by atoms with Crippen molar-refractivity contribution in [3.63, 3.8) is 0 Å². The first-order valence-electron chi connectivity index (χ1n) is 10.5. The highest BCUT2D eigenvalue weighted by Gasteiger charge is 2.41. The largest absolute Gasteiger partial charge is 0.387 e. The Bertz CT molecular complexity index is 879. The van der Waals surface area contributed by atoms with Gasteiger partial charge in [0.15, 0.2) is 5.84 Å². The molecule has 1 fully saturated rings. The number of carbonyl (C=O) groups is 1. The fourth-order valence-electron chi connectivity index (χ4n) is 3.60. The lowest BCUT2D eigenvalue weighted by Crippen LogP contribution is -2.35. The maximum atomic E-state index is 13.2. The van der Waals surface area contributed by atoms with Gasteiger partial charge in [-0.15, -0.1) is 12.6 Å². The van der Waals surface area contributed by atoms with Gasteiger partial charge in [0.05, 0.1) is 5.57 Å². The second-order valence-electron chi connectivity index (χ2n) is 8.21. The molecule has 2 aliphatic rings. The van der Waals surface area contributed by atoms with Crippen LogP contribution in [0.1, 0.15) is 46.1 Å². The molecule has 1 heterocycles. The molecule has 0 bridgehead atoms. The molecule has 0 spiro atoms. The van der Waals surface area contributed by atoms with Crippen LogP contribution in [0.3, 0.4) is 0 Å². The minimum Gasteiger partial charge on any atom is -0.387 e. The molecule has 1 aliphatic heterocycles. The first kappa shape index (κ1) is 22.5. The number of aliphatic imine (C=N–C) groups is 1. The number of amidine groups is 1. The number of hydrogen-bond acceptors (Lipinski definition) is 5. The Hall–Kier alpha value is -2.15. The summed E-state index contributed by atoms with van der Waals surface area (Å²) in [4.78, 5) is 22.3. The SMILES string of the molecule is CCC(C)/N=C(/Cc1ccc(F)cc1)C1CC1CNC1=NOC(C)C(C)=C1C(=O)S. The zero-order chi connectivity index (χ0) is 21.8. The van der Waals surface area contributed by atoms with Crippen molar-refractivity contribution in [2.75, 3.05) is 6.54 Å². The third-order valence-electron chi connectivity index (χ3n) is 5.91. The van der Waals surface area contributed by atoms with Crippen molar-refractivity contribution in [2.24, 2.45) is 22.0 Å². The lowest BCUT2D eigenvalue weighted by Gasteiger charge is -2.22. The molecule has 7 heteroatoms. The van der Waals surface area contributed by atoms with Crippen LogP contribution in [0.5, 0.6) is 0 Å². The van der Waals surface area contributed by atoms with E-state index in [1.54, 1.807) is 0 Å². The Morgan fingerprint density at radius 1 is 1.40 bits per heavy atom. The van der Waals surface area contributed by atoms with Gasteiger partial charge >= 0.3 is 0 Å². The fraction of sp³-hybridized carbons (Fsp3) is 0.522. The Morgan fingerprint density at radius 3 is 2.73 bits per heavy atom. The first-order chi connectivity index (χ1) is 14.3. The van der Waals surface area contributed by atoms with Crippen molar-refractivity contribution in [3.05, 3.63) is 46.8 Å². The monoisotopic (exact) mass is 431 g/mol. The van der Waals surface area contributed by atoms with Gasteiger partial charge in [-0.2, -0.15) is 0 Å². The van der Waals surface area contributed by atoms with Gasteiger partial charge in [0.1, 0.15) is 11.9 Å². The van der Waals surface area contributed by atoms with E-state index < -0.39 is 0 Å². The molecule has 0 amide bonds. The summed E-state index contributed by atoms with van der Waals surface area (Å²) in [5.41, 5.74) is 3.55. The van der Waals surface area contributed by atoms with Crippen molar-refractivity contribution < 1.29 is 14.0 Å². The van der Waals surface area contributed by atoms with E-state index in [9.17, 15) is 9.18 Å². The third-order valence-corrected chi connectivity index (χ3v) is 6.14. The van der Waals surface area contributed by atoms with Gasteiger partial charge in [-0.25, -0.2) is 4.39 Å². The third kappa shape index (κ3) is 5.50. The molecular formula is C23H30FN3O2S. The predicted octanol–water partition coefficient (Wildman–Crippen LogP) is 4.34. The second-order valence-corrected chi connectivity index (χ2v) is 8.62. The molecule has 3 rings (SSSR count). The summed E-state index contributed by atoms with van der Waals surface area (Å²) in [7, 11) is 0. The van der Waals surface area contributed by atoms with Crippen LogP contribution in [-0.2, 0) is 16.1 Å². The zero-order valence-corrected chi connectivity index (χ0v) is 18.9. The molecule has 0 saturated heterocycles. The fourth-order valence-corrected chi connectivity index (χ4v) is 3.89. The van der Waals surface area contributed by atoms with Crippen molar-refractivity contribution in [2.45, 2.75) is 59.1 Å². The first-order valence-corrected chi connectivity index (χ1v) is 11.0. The number of benzene rings is 1. The topological polar surface area (TPSA) is 63.1 Å². The smallest absolute Gasteiger partial charge is 0.220 e. The van der Waals surface area contributed by atoms with E-state index in [0.29, 0.717) is 29.8 Å². The van der Waals surface area contributed by atoms with E-state index >= 15 is 0 Å². The lowest BCUT2D eigenvalue weighted by atomic mass is 10.0. The molecule has 1 N–H and O–H groups in total. The average Bonchev–Trinajstić information content (AvgIpc) is 3.49. The summed E-state index contributed by atoms with van der Waals surface area (Å²) < 4.78 is 13.2. The van der Waals surface area contributed by atoms with E-state index in [1.807, 2.05) is 26.0 Å². The second kappa shape index (κ2) is 9.77. The summed E-state index contributed by atoms with van der Waals surface area (Å²) in [5, 5.41) is 7.06. The van der Waals surface area contributed by atoms with Crippen molar-refractivity contribution >= 4 is 29.3 Å². The Kier molecular flexibility index (Phi) is 7.34. The molecule has 162 valence electrons. The normalized spacial score (nSPS) is 24.8. The van der Waals surface area contributed by atoms with Crippen LogP contribution in [0.15, 0.2) is 45.6 Å². The summed E-state index contributed by atoms with van der Waals surface area (Å²) in [6, 6.07) is 6.89. The number of halogens is 1. The molecule has 30 heavy (non-hydrogen) atoms. The Morgan fingerprint density at radius 2 is 2.10 bits per heavy atom. The molecule has 5 nitrogen and oxygen atoms in total. The number of oxime groups is 1. The van der Waals surface area contributed by atoms with E-state index in [2.05, 4.69) is 36.9 Å². The minimum atomic E-state index is -0.309. The van der Waals surface area contributed by atoms with Crippen LogP contribution in [0.4, 0.5) is 4.39 Å². The van der Waals surface area contributed by atoms with Crippen LogP contribution < -0.4 is 5.32 Å². The quantitative estimate of drug-likeness (QED) is 0.475. The maximum Gasteiger partial charge on any atom is 0.220 e. The predicted molar refractivity (Wildman–Crippen MR) is 122 cm³/mol. The summed E-state index contributed by atoms with van der Waals surface area (Å²) in [5.74, 6) is 1.01. The number of hydrogen-bond donors (Lipinski definition) is 2. The maximum absolute atomic E-state index is 13.2. The summed E-state index contributed by atoms with van der Waals surface area (Å²) in [6.45, 7) is 8.65. The standard InChI is InChI=1S/C23H30FN3O2S/c1-5-13(2)26-20(10-16-6-8-18(24)9-7-16)19-11-17(19)12-25-22-21(23(28)30)14(3)15(4)29-27-22/h6-9,13,15,17,19H,5,10-12H2,1-4H3,(H,25,27)(H,28,30)/b26-20-. The van der Waals surface area contributed by atoms with Crippen LogP contribution in [0.2, 0.25) is 0 Å². The van der Waals surface area contributed by atoms with E-state index in [-0.39, 0.29) is 23.1 Å². The molecule has 4 atom stereocenters. The zero-order valence-electron chi connectivity index (χ0n) is 18.0. The number of nitrogens with one attached hydrogen (secondary N) is 1. The molecule has 1 saturated carbocycles. The van der Waals surface area contributed by atoms with Crippen LogP contribution in [0.25, 0.3) is 0 Å². The van der Waals surface area contributed by atoms with Gasteiger partial charge in [-0.05, 0) is 62.8 Å². The van der Waals surface area contributed by atoms with Gasteiger partial charge < -0.3 is 10.2 Å². The molecule has 1 aliphatic carbocycles. The summed E-state index contributed by atoms with van der Waals surface area (Å²) in [6.07, 6.45) is 2.50. The molecular weight excluding hydrogens is 401 g/mol. The minimum absolute atomic E-state index is 0.227. The van der Waals surface area contributed by atoms with Crippen molar-refractivity contribution in [3.8, 4) is 0 Å². The van der Waals surface area contributed by atoms with Gasteiger partial charge in [-0.1, -0.05) is 24.2 Å². The van der Waals surface area contributed by atoms with Crippen LogP contribution in [0, 0.1) is 17.7 Å². The van der Waals surface area contributed by atoms with Gasteiger partial charge in [0.2, 0.25) is 5.12 Å². The number of nitrogens with zero attached hydrogens (tertiary/aromatic N) is 2. The van der Waals surface area contributed by atoms with Crippen molar-refractivity contribution in [1.29, 1.82) is 0 Å². The van der Waals surface area contributed by atoms with Crippen LogP contribution in [-0.4, -0.2) is 35.4 Å². The van der Waals surface area contributed by atoms with E-state index in [4.69, 9.17) is 9.83 Å². The number of rotatable bonds is 8. The van der Waals surface area contributed by atoms with Crippen LogP contribution >= 0.6 is 12.6 Å². The highest BCUT2D eigenvalue weighted by molar-refractivity contribution is 7.97. The molecule has 4 unspecified atom stereocenters. The van der Waals surface area contributed by atoms with Gasteiger partial charge in [0.25, 0.3) is 0 Å². The van der Waals surface area contributed by atoms with E-state index in [0.717, 1.165) is 36.1 Å². The van der Waals surface area contributed by atoms with Crippen molar-refractivity contribution in [1.82, 2.24) is 5.32 Å². The Labute approximate surface area is 183 Å². The Balaban J connectivity index is 1.66. The number of carbonyl (C=O) groups excluding carboxylic acids is 1. The molecule has 1 aromatic rings. The van der Waals surface area contributed by atoms with E-state index in [1.165, 1.54) is 12.1 Å². The number of thiol groups is 1.